The molecule has 0 saturated carbocycles. The van der Waals surface area contributed by atoms with E-state index in [0.29, 0.717) is 26.1 Å². The number of morpholine rings is 1. The van der Waals surface area contributed by atoms with Crippen molar-refractivity contribution in [2.24, 2.45) is 0 Å². The monoisotopic (exact) mass is 319 g/mol. The first-order chi connectivity index (χ1) is 10.6. The first-order valence-corrected chi connectivity index (χ1v) is 8.07. The number of benzene rings is 1. The summed E-state index contributed by atoms with van der Waals surface area (Å²) in [6.07, 6.45) is -0.121. The largest absolute Gasteiger partial charge is 0.481 e. The fourth-order valence-electron chi connectivity index (χ4n) is 2.71. The summed E-state index contributed by atoms with van der Waals surface area (Å²) in [4.78, 5) is 24.9. The minimum absolute atomic E-state index is 0.0299. The molecule has 1 unspecified atom stereocenters. The van der Waals surface area contributed by atoms with E-state index in [1.165, 1.54) is 4.70 Å². The third-order valence-electron chi connectivity index (χ3n) is 3.80. The first-order valence-electron chi connectivity index (χ1n) is 7.20. The van der Waals surface area contributed by atoms with Gasteiger partial charge in [0.1, 0.15) is 0 Å². The zero-order valence-electron chi connectivity index (χ0n) is 12.0. The average Bonchev–Trinajstić information content (AvgIpc) is 2.90. The van der Waals surface area contributed by atoms with Crippen LogP contribution in [-0.2, 0) is 20.7 Å². The number of carbonyl (C=O) groups excluding carboxylic acids is 1. The molecule has 1 atom stereocenters. The molecule has 1 amide bonds. The van der Waals surface area contributed by atoms with Crippen LogP contribution in [-0.4, -0.2) is 47.7 Å². The van der Waals surface area contributed by atoms with Gasteiger partial charge >= 0.3 is 5.97 Å². The Balaban J connectivity index is 1.67. The van der Waals surface area contributed by atoms with Crippen molar-refractivity contribution in [2.45, 2.75) is 18.9 Å². The highest BCUT2D eigenvalue weighted by atomic mass is 32.1. The average molecular weight is 319 g/mol. The number of ether oxygens (including phenoxy) is 1. The number of aliphatic carboxylic acids is 1. The van der Waals surface area contributed by atoms with E-state index in [-0.39, 0.29) is 12.3 Å². The Bertz CT molecular complexity index is 696. The number of rotatable bonds is 4. The summed E-state index contributed by atoms with van der Waals surface area (Å²) in [5, 5.41) is 12.0. The normalized spacial score (nSPS) is 18.5. The summed E-state index contributed by atoms with van der Waals surface area (Å²) in [6, 6.07) is 8.04. The molecule has 0 spiro atoms. The quantitative estimate of drug-likeness (QED) is 0.937. The molecule has 5 nitrogen and oxygen atoms in total. The zero-order valence-corrected chi connectivity index (χ0v) is 12.8. The van der Waals surface area contributed by atoms with Gasteiger partial charge in [-0.05, 0) is 22.4 Å². The molecule has 1 saturated heterocycles. The van der Waals surface area contributed by atoms with E-state index in [0.717, 1.165) is 10.9 Å². The summed E-state index contributed by atoms with van der Waals surface area (Å²) in [5.41, 5.74) is 1.03. The van der Waals surface area contributed by atoms with Crippen LogP contribution in [0, 0.1) is 0 Å². The second-order valence-corrected chi connectivity index (χ2v) is 6.28. The van der Waals surface area contributed by atoms with Gasteiger partial charge in [-0.2, -0.15) is 0 Å². The lowest BCUT2D eigenvalue weighted by molar-refractivity contribution is -0.147. The molecule has 1 aromatic carbocycles. The molecule has 1 fully saturated rings. The lowest BCUT2D eigenvalue weighted by atomic mass is 10.1. The highest BCUT2D eigenvalue weighted by Gasteiger charge is 2.26. The maximum absolute atomic E-state index is 12.5. The Morgan fingerprint density at radius 2 is 2.18 bits per heavy atom. The van der Waals surface area contributed by atoms with Gasteiger partial charge in [-0.3, -0.25) is 9.59 Å². The van der Waals surface area contributed by atoms with E-state index in [1.54, 1.807) is 16.2 Å². The van der Waals surface area contributed by atoms with Crippen molar-refractivity contribution in [1.29, 1.82) is 0 Å². The zero-order chi connectivity index (χ0) is 15.5. The number of nitrogens with zero attached hydrogens (tertiary/aromatic N) is 1. The topological polar surface area (TPSA) is 66.8 Å². The number of hydrogen-bond acceptors (Lipinski definition) is 4. The molecule has 1 aromatic heterocycles. The van der Waals surface area contributed by atoms with Crippen molar-refractivity contribution in [1.82, 2.24) is 4.90 Å². The van der Waals surface area contributed by atoms with Crippen molar-refractivity contribution in [3.05, 3.63) is 35.2 Å². The Morgan fingerprint density at radius 3 is 3.00 bits per heavy atom. The minimum Gasteiger partial charge on any atom is -0.481 e. The van der Waals surface area contributed by atoms with Crippen LogP contribution in [0.5, 0.6) is 0 Å². The second-order valence-electron chi connectivity index (χ2n) is 5.36. The molecule has 1 aliphatic heterocycles. The van der Waals surface area contributed by atoms with Crippen LogP contribution in [0.4, 0.5) is 0 Å². The van der Waals surface area contributed by atoms with Crippen LogP contribution >= 0.6 is 11.3 Å². The van der Waals surface area contributed by atoms with E-state index in [4.69, 9.17) is 9.84 Å². The number of carbonyl (C=O) groups is 2. The molecule has 22 heavy (non-hydrogen) atoms. The fourth-order valence-corrected chi connectivity index (χ4v) is 3.67. The molecule has 3 rings (SSSR count). The van der Waals surface area contributed by atoms with Crippen LogP contribution < -0.4 is 0 Å². The summed E-state index contributed by atoms with van der Waals surface area (Å²) in [7, 11) is 0. The van der Waals surface area contributed by atoms with Crippen LogP contribution in [0.25, 0.3) is 10.1 Å². The Morgan fingerprint density at radius 1 is 1.36 bits per heavy atom. The molecule has 2 aromatic rings. The van der Waals surface area contributed by atoms with Crippen molar-refractivity contribution >= 4 is 33.3 Å². The minimum atomic E-state index is -0.900. The highest BCUT2D eigenvalue weighted by molar-refractivity contribution is 7.17. The number of amides is 1. The third kappa shape index (κ3) is 3.28. The molecule has 2 heterocycles. The molecular weight excluding hydrogens is 302 g/mol. The van der Waals surface area contributed by atoms with Crippen molar-refractivity contribution in [3.63, 3.8) is 0 Å². The van der Waals surface area contributed by atoms with E-state index in [1.807, 2.05) is 29.6 Å². The summed E-state index contributed by atoms with van der Waals surface area (Å²) < 4.78 is 6.58. The fraction of sp³-hybridized carbons (Fsp3) is 0.375. The number of thiophene rings is 1. The van der Waals surface area contributed by atoms with Gasteiger partial charge in [-0.25, -0.2) is 0 Å². The predicted molar refractivity (Wildman–Crippen MR) is 84.1 cm³/mol. The Kier molecular flexibility index (Phi) is 4.40. The van der Waals surface area contributed by atoms with Gasteiger partial charge in [-0.15, -0.1) is 11.3 Å². The number of carboxylic acid groups (broad SMARTS) is 1. The Hall–Kier alpha value is -1.92. The molecule has 0 aliphatic carbocycles. The van der Waals surface area contributed by atoms with Gasteiger partial charge in [0.05, 0.1) is 25.6 Å². The van der Waals surface area contributed by atoms with E-state index in [2.05, 4.69) is 0 Å². The number of carboxylic acids is 1. The van der Waals surface area contributed by atoms with Gasteiger partial charge in [0.2, 0.25) is 5.91 Å². The van der Waals surface area contributed by atoms with Gasteiger partial charge in [0, 0.05) is 17.8 Å². The standard InChI is InChI=1S/C16H17NO4S/c18-15(17-5-6-21-12(9-17)8-16(19)20)7-11-10-22-14-4-2-1-3-13(11)14/h1-4,10,12H,5-9H2,(H,19,20). The molecule has 116 valence electrons. The van der Waals surface area contributed by atoms with E-state index < -0.39 is 12.1 Å². The maximum Gasteiger partial charge on any atom is 0.306 e. The maximum atomic E-state index is 12.5. The van der Waals surface area contributed by atoms with Gasteiger partial charge in [-0.1, -0.05) is 18.2 Å². The molecule has 1 aliphatic rings. The van der Waals surface area contributed by atoms with Crippen LogP contribution in [0.1, 0.15) is 12.0 Å². The second kappa shape index (κ2) is 6.46. The van der Waals surface area contributed by atoms with Crippen molar-refractivity contribution in [3.8, 4) is 0 Å². The lowest BCUT2D eigenvalue weighted by Gasteiger charge is -2.32. The van der Waals surface area contributed by atoms with Gasteiger partial charge in [0.25, 0.3) is 0 Å². The van der Waals surface area contributed by atoms with Crippen LogP contribution in [0.2, 0.25) is 0 Å². The number of fused-ring (bicyclic) bond motifs is 1. The lowest BCUT2D eigenvalue weighted by Crippen LogP contribution is -2.46. The van der Waals surface area contributed by atoms with Gasteiger partial charge in [0.15, 0.2) is 0 Å². The van der Waals surface area contributed by atoms with Crippen LogP contribution in [0.3, 0.4) is 0 Å². The van der Waals surface area contributed by atoms with Crippen molar-refractivity contribution in [2.75, 3.05) is 19.7 Å². The summed E-state index contributed by atoms with van der Waals surface area (Å²) in [5.74, 6) is -0.870. The van der Waals surface area contributed by atoms with Crippen molar-refractivity contribution < 1.29 is 19.4 Å². The van der Waals surface area contributed by atoms with Crippen LogP contribution in [0.15, 0.2) is 29.6 Å². The SMILES string of the molecule is O=C(O)CC1CN(C(=O)Cc2csc3ccccc23)CCO1. The summed E-state index contributed by atoms with van der Waals surface area (Å²) >= 11 is 1.64. The Labute approximate surface area is 132 Å². The van der Waals surface area contributed by atoms with E-state index in [9.17, 15) is 9.59 Å². The van der Waals surface area contributed by atoms with E-state index >= 15 is 0 Å². The first kappa shape index (κ1) is 15.0. The molecule has 0 bridgehead atoms. The molecule has 1 N–H and O–H groups in total. The third-order valence-corrected chi connectivity index (χ3v) is 4.81. The highest BCUT2D eigenvalue weighted by Crippen LogP contribution is 2.26. The number of hydrogen-bond donors (Lipinski definition) is 1. The molecule has 6 heteroatoms. The smallest absolute Gasteiger partial charge is 0.306 e. The molecular formula is C16H17NO4S. The molecule has 0 radical (unpaired) electrons. The van der Waals surface area contributed by atoms with Gasteiger partial charge < -0.3 is 14.7 Å². The summed E-state index contributed by atoms with van der Waals surface area (Å²) in [6.45, 7) is 1.28. The predicted octanol–water partition coefficient (Wildman–Crippen LogP) is 2.15.